The predicted octanol–water partition coefficient (Wildman–Crippen LogP) is 4.16. The molecule has 0 aliphatic rings. The van der Waals surface area contributed by atoms with E-state index >= 15 is 0 Å². The fourth-order valence-corrected chi connectivity index (χ4v) is 1.87. The fourth-order valence-electron chi connectivity index (χ4n) is 1.87. The summed E-state index contributed by atoms with van der Waals surface area (Å²) in [6.45, 7) is 0. The Balaban J connectivity index is 2.84. The molecule has 130 valence electrons. The molecule has 0 unspecified atom stereocenters. The van der Waals surface area contributed by atoms with Crippen molar-refractivity contribution >= 4 is 0 Å². The first kappa shape index (κ1) is 18.0. The van der Waals surface area contributed by atoms with Gasteiger partial charge in [0.05, 0.1) is 11.1 Å². The van der Waals surface area contributed by atoms with E-state index in [0.29, 0.717) is 0 Å². The maximum absolute atomic E-state index is 13.5. The van der Waals surface area contributed by atoms with Crippen LogP contribution in [0.3, 0.4) is 0 Å². The highest BCUT2D eigenvalue weighted by atomic mass is 19.2. The SMILES string of the molecule is OC(c1c(F)c(F)c(F)c(F)c1F)c1c(F)c(F)c(F)c(F)c1F. The first-order valence-corrected chi connectivity index (χ1v) is 5.73. The second kappa shape index (κ2) is 5.96. The Morgan fingerprint density at radius 1 is 0.375 bits per heavy atom. The third-order valence-electron chi connectivity index (χ3n) is 3.03. The van der Waals surface area contributed by atoms with E-state index in [-0.39, 0.29) is 0 Å². The van der Waals surface area contributed by atoms with Crippen LogP contribution in [-0.4, -0.2) is 5.11 Å². The van der Waals surface area contributed by atoms with E-state index < -0.39 is 75.4 Å². The molecule has 1 N–H and O–H groups in total. The van der Waals surface area contributed by atoms with Gasteiger partial charge in [0, 0.05) is 0 Å². The molecule has 2 rings (SSSR count). The quantitative estimate of drug-likeness (QED) is 0.482. The number of hydrogen-bond acceptors (Lipinski definition) is 1. The van der Waals surface area contributed by atoms with Crippen molar-refractivity contribution in [2.24, 2.45) is 0 Å². The van der Waals surface area contributed by atoms with Crippen molar-refractivity contribution in [2.75, 3.05) is 0 Å². The summed E-state index contributed by atoms with van der Waals surface area (Å²) in [5, 5.41) is 9.52. The Labute approximate surface area is 125 Å². The average molecular weight is 364 g/mol. The van der Waals surface area contributed by atoms with Gasteiger partial charge in [-0.2, -0.15) is 0 Å². The van der Waals surface area contributed by atoms with Crippen LogP contribution in [0.25, 0.3) is 0 Å². The largest absolute Gasteiger partial charge is 0.383 e. The van der Waals surface area contributed by atoms with Gasteiger partial charge in [-0.05, 0) is 0 Å². The maximum Gasteiger partial charge on any atom is 0.200 e. The number of halogens is 10. The highest BCUT2D eigenvalue weighted by Crippen LogP contribution is 2.35. The first-order chi connectivity index (χ1) is 11.0. The molecule has 0 aliphatic carbocycles. The molecule has 0 fully saturated rings. The van der Waals surface area contributed by atoms with Gasteiger partial charge in [0.25, 0.3) is 0 Å². The lowest BCUT2D eigenvalue weighted by molar-refractivity contribution is 0.187. The lowest BCUT2D eigenvalue weighted by atomic mass is 9.98. The summed E-state index contributed by atoms with van der Waals surface area (Å²) in [7, 11) is 0. The van der Waals surface area contributed by atoms with Crippen LogP contribution in [0.1, 0.15) is 17.2 Å². The second-order valence-electron chi connectivity index (χ2n) is 4.37. The van der Waals surface area contributed by atoms with Crippen LogP contribution in [0.5, 0.6) is 0 Å². The topological polar surface area (TPSA) is 20.2 Å². The van der Waals surface area contributed by atoms with Gasteiger partial charge in [-0.25, -0.2) is 43.9 Å². The van der Waals surface area contributed by atoms with Gasteiger partial charge in [-0.1, -0.05) is 0 Å². The third-order valence-corrected chi connectivity index (χ3v) is 3.03. The van der Waals surface area contributed by atoms with E-state index in [0.717, 1.165) is 0 Å². The van der Waals surface area contributed by atoms with Crippen LogP contribution in [0, 0.1) is 58.2 Å². The van der Waals surface area contributed by atoms with E-state index in [2.05, 4.69) is 0 Å². The van der Waals surface area contributed by atoms with Gasteiger partial charge in [0.15, 0.2) is 46.5 Å². The number of rotatable bonds is 2. The van der Waals surface area contributed by atoms with Crippen molar-refractivity contribution < 1.29 is 49.0 Å². The predicted molar refractivity (Wildman–Crippen MR) is 56.5 cm³/mol. The Kier molecular flexibility index (Phi) is 4.48. The van der Waals surface area contributed by atoms with Crippen LogP contribution >= 0.6 is 0 Å². The Morgan fingerprint density at radius 3 is 0.750 bits per heavy atom. The maximum atomic E-state index is 13.5. The third kappa shape index (κ3) is 2.39. The summed E-state index contributed by atoms with van der Waals surface area (Å²) >= 11 is 0. The molecule has 0 aliphatic heterocycles. The molecule has 2 aromatic carbocycles. The van der Waals surface area contributed by atoms with Crippen molar-refractivity contribution in [1.82, 2.24) is 0 Å². The van der Waals surface area contributed by atoms with E-state index in [4.69, 9.17) is 0 Å². The van der Waals surface area contributed by atoms with Gasteiger partial charge in [0.1, 0.15) is 6.10 Å². The minimum atomic E-state index is -3.36. The summed E-state index contributed by atoms with van der Waals surface area (Å²) in [5.41, 5.74) is -4.34. The molecule has 0 bridgehead atoms. The molecule has 24 heavy (non-hydrogen) atoms. The van der Waals surface area contributed by atoms with Gasteiger partial charge in [-0.15, -0.1) is 0 Å². The molecule has 0 saturated heterocycles. The summed E-state index contributed by atoms with van der Waals surface area (Å²) in [6.07, 6.45) is -3.36. The molecule has 0 saturated carbocycles. The van der Waals surface area contributed by atoms with Gasteiger partial charge in [0.2, 0.25) is 11.6 Å². The normalized spacial score (nSPS) is 11.5. The van der Waals surface area contributed by atoms with Gasteiger partial charge in [-0.3, -0.25) is 0 Å². The Bertz CT molecular complexity index is 720. The highest BCUT2D eigenvalue weighted by Gasteiger charge is 2.36. The highest BCUT2D eigenvalue weighted by molar-refractivity contribution is 5.36. The zero-order valence-electron chi connectivity index (χ0n) is 10.8. The smallest absolute Gasteiger partial charge is 0.200 e. The minimum absolute atomic E-state index is 2.17. The van der Waals surface area contributed by atoms with Crippen LogP contribution in [0.4, 0.5) is 43.9 Å². The summed E-state index contributed by atoms with van der Waals surface area (Å²) in [6, 6.07) is 0. The molecule has 11 heteroatoms. The number of hydrogen-bond donors (Lipinski definition) is 1. The van der Waals surface area contributed by atoms with Crippen molar-refractivity contribution in [3.05, 3.63) is 69.3 Å². The Hall–Kier alpha value is -2.30. The Morgan fingerprint density at radius 2 is 0.542 bits per heavy atom. The van der Waals surface area contributed by atoms with Crippen LogP contribution < -0.4 is 0 Å². The van der Waals surface area contributed by atoms with Crippen LogP contribution in [-0.2, 0) is 0 Å². The summed E-state index contributed by atoms with van der Waals surface area (Å²) in [5.74, 6) is -26.4. The lowest BCUT2D eigenvalue weighted by Gasteiger charge is -2.17. The molecule has 0 atom stereocenters. The zero-order chi connectivity index (χ0) is 18.5. The zero-order valence-corrected chi connectivity index (χ0v) is 10.8. The van der Waals surface area contributed by atoms with Crippen molar-refractivity contribution in [3.63, 3.8) is 0 Å². The van der Waals surface area contributed by atoms with E-state index in [9.17, 15) is 49.0 Å². The monoisotopic (exact) mass is 364 g/mol. The molecule has 0 aromatic heterocycles. The van der Waals surface area contributed by atoms with Crippen molar-refractivity contribution in [3.8, 4) is 0 Å². The second-order valence-corrected chi connectivity index (χ2v) is 4.37. The number of aliphatic hydroxyl groups excluding tert-OH is 1. The summed E-state index contributed by atoms with van der Waals surface area (Å²) in [4.78, 5) is 0. The molecule has 0 amide bonds. The number of benzene rings is 2. The standard InChI is InChI=1S/C13H2F10O/c14-3-1(4(15)8(19)11(22)7(3)18)13(24)2-5(16)9(20)12(23)10(21)6(2)17/h13,24H. The van der Waals surface area contributed by atoms with Crippen LogP contribution in [0.15, 0.2) is 0 Å². The average Bonchev–Trinajstić information content (AvgIpc) is 2.55. The molecule has 1 nitrogen and oxygen atoms in total. The summed E-state index contributed by atoms with van der Waals surface area (Å²) < 4.78 is 132. The first-order valence-electron chi connectivity index (χ1n) is 5.73. The minimum Gasteiger partial charge on any atom is -0.383 e. The lowest BCUT2D eigenvalue weighted by Crippen LogP contribution is -2.17. The van der Waals surface area contributed by atoms with E-state index in [1.54, 1.807) is 0 Å². The van der Waals surface area contributed by atoms with Crippen molar-refractivity contribution in [1.29, 1.82) is 0 Å². The molecule has 2 aromatic rings. The molecular weight excluding hydrogens is 362 g/mol. The molecular formula is C13H2F10O. The molecule has 0 spiro atoms. The van der Waals surface area contributed by atoms with Crippen LogP contribution in [0.2, 0.25) is 0 Å². The van der Waals surface area contributed by atoms with Crippen molar-refractivity contribution in [2.45, 2.75) is 6.10 Å². The van der Waals surface area contributed by atoms with Gasteiger partial charge >= 0.3 is 0 Å². The fraction of sp³-hybridized carbons (Fsp3) is 0.0769. The van der Waals surface area contributed by atoms with E-state index in [1.165, 1.54) is 0 Å². The number of aliphatic hydroxyl groups is 1. The molecule has 0 radical (unpaired) electrons. The van der Waals surface area contributed by atoms with Gasteiger partial charge < -0.3 is 5.11 Å². The van der Waals surface area contributed by atoms with E-state index in [1.807, 2.05) is 0 Å². The molecule has 0 heterocycles.